The van der Waals surface area contributed by atoms with Crippen LogP contribution in [0.25, 0.3) is 0 Å². The molecule has 1 aliphatic heterocycles. The maximum Gasteiger partial charge on any atom is 0.330 e. The van der Waals surface area contributed by atoms with Crippen LogP contribution >= 0.6 is 11.6 Å². The van der Waals surface area contributed by atoms with Crippen LogP contribution < -0.4 is 10.1 Å². The van der Waals surface area contributed by atoms with Crippen LogP contribution in [0.5, 0.6) is 5.75 Å². The van der Waals surface area contributed by atoms with Crippen LogP contribution in [0.3, 0.4) is 0 Å². The molecule has 1 heterocycles. The summed E-state index contributed by atoms with van der Waals surface area (Å²) in [4.78, 5) is 24.1. The molecular weight excluding hydrogens is 334 g/mol. The summed E-state index contributed by atoms with van der Waals surface area (Å²) in [5.74, 6) is -1.03. The van der Waals surface area contributed by atoms with Crippen molar-refractivity contribution in [1.29, 1.82) is 0 Å². The van der Waals surface area contributed by atoms with Crippen molar-refractivity contribution >= 4 is 23.5 Å². The SMILES string of the molecule is COc1ccc(C(NC(=O)C(C)C2CCOCC2)C(=O)O)cc1Cl. The molecule has 1 aromatic rings. The Labute approximate surface area is 146 Å². The van der Waals surface area contributed by atoms with Crippen LogP contribution in [0.2, 0.25) is 5.02 Å². The molecule has 6 nitrogen and oxygen atoms in total. The lowest BCUT2D eigenvalue weighted by molar-refractivity contribution is -0.143. The Morgan fingerprint density at radius 2 is 2.04 bits per heavy atom. The van der Waals surface area contributed by atoms with Crippen molar-refractivity contribution in [3.8, 4) is 5.75 Å². The molecule has 132 valence electrons. The fourth-order valence-electron chi connectivity index (χ4n) is 2.85. The molecule has 0 saturated carbocycles. The summed E-state index contributed by atoms with van der Waals surface area (Å²) in [5.41, 5.74) is 0.404. The molecule has 0 bridgehead atoms. The number of nitrogens with one attached hydrogen (secondary N) is 1. The first-order chi connectivity index (χ1) is 11.4. The smallest absolute Gasteiger partial charge is 0.330 e. The van der Waals surface area contributed by atoms with Crippen LogP contribution in [-0.2, 0) is 14.3 Å². The van der Waals surface area contributed by atoms with Crippen molar-refractivity contribution in [1.82, 2.24) is 5.32 Å². The summed E-state index contributed by atoms with van der Waals surface area (Å²) < 4.78 is 10.4. The molecule has 2 atom stereocenters. The van der Waals surface area contributed by atoms with E-state index in [1.54, 1.807) is 12.1 Å². The minimum absolute atomic E-state index is 0.202. The van der Waals surface area contributed by atoms with Gasteiger partial charge in [0.15, 0.2) is 6.04 Å². The third-order valence-corrected chi connectivity index (χ3v) is 4.72. The lowest BCUT2D eigenvalue weighted by Gasteiger charge is -2.28. The van der Waals surface area contributed by atoms with E-state index in [-0.39, 0.29) is 17.7 Å². The number of carbonyl (C=O) groups is 2. The first-order valence-corrected chi connectivity index (χ1v) is 8.26. The number of hydrogen-bond donors (Lipinski definition) is 2. The summed E-state index contributed by atoms with van der Waals surface area (Å²) in [5, 5.41) is 12.4. The van der Waals surface area contributed by atoms with Gasteiger partial charge in [0.05, 0.1) is 12.1 Å². The third-order valence-electron chi connectivity index (χ3n) is 4.43. The van der Waals surface area contributed by atoms with Gasteiger partial charge in [-0.15, -0.1) is 0 Å². The molecule has 1 saturated heterocycles. The summed E-state index contributed by atoms with van der Waals surface area (Å²) in [6.07, 6.45) is 1.61. The molecule has 1 aliphatic rings. The van der Waals surface area contributed by atoms with Crippen molar-refractivity contribution in [2.24, 2.45) is 11.8 Å². The summed E-state index contributed by atoms with van der Waals surface area (Å²) in [6, 6.07) is 3.52. The van der Waals surface area contributed by atoms with Crippen LogP contribution in [0, 0.1) is 11.8 Å². The normalized spacial score (nSPS) is 17.8. The Bertz CT molecular complexity index is 601. The zero-order valence-corrected chi connectivity index (χ0v) is 14.5. The molecule has 7 heteroatoms. The third kappa shape index (κ3) is 4.39. The van der Waals surface area contributed by atoms with Gasteiger partial charge in [0.2, 0.25) is 5.91 Å². The van der Waals surface area contributed by atoms with E-state index in [0.29, 0.717) is 29.5 Å². The molecule has 0 aliphatic carbocycles. The second-order valence-corrected chi connectivity index (χ2v) is 6.32. The molecule has 1 aromatic carbocycles. The first kappa shape index (κ1) is 18.5. The van der Waals surface area contributed by atoms with Crippen molar-refractivity contribution in [3.63, 3.8) is 0 Å². The highest BCUT2D eigenvalue weighted by atomic mass is 35.5. The van der Waals surface area contributed by atoms with E-state index < -0.39 is 12.0 Å². The van der Waals surface area contributed by atoms with E-state index in [2.05, 4.69) is 5.32 Å². The van der Waals surface area contributed by atoms with Gasteiger partial charge in [-0.1, -0.05) is 24.6 Å². The summed E-state index contributed by atoms with van der Waals surface area (Å²) >= 11 is 6.05. The fourth-order valence-corrected chi connectivity index (χ4v) is 3.12. The van der Waals surface area contributed by atoms with Crippen molar-refractivity contribution in [2.45, 2.75) is 25.8 Å². The lowest BCUT2D eigenvalue weighted by Crippen LogP contribution is -2.40. The first-order valence-electron chi connectivity index (χ1n) is 7.88. The van der Waals surface area contributed by atoms with Gasteiger partial charge >= 0.3 is 5.97 Å². The van der Waals surface area contributed by atoms with Crippen LogP contribution in [0.4, 0.5) is 0 Å². The van der Waals surface area contributed by atoms with E-state index in [9.17, 15) is 14.7 Å². The molecule has 0 spiro atoms. The van der Waals surface area contributed by atoms with E-state index in [1.807, 2.05) is 6.92 Å². The van der Waals surface area contributed by atoms with Crippen LogP contribution in [0.1, 0.15) is 31.4 Å². The van der Waals surface area contributed by atoms with E-state index in [0.717, 1.165) is 12.8 Å². The van der Waals surface area contributed by atoms with Gasteiger partial charge in [-0.3, -0.25) is 4.79 Å². The minimum atomic E-state index is -1.15. The van der Waals surface area contributed by atoms with Crippen molar-refractivity contribution in [3.05, 3.63) is 28.8 Å². The fraction of sp³-hybridized carbons (Fsp3) is 0.529. The van der Waals surface area contributed by atoms with Gasteiger partial charge in [-0.05, 0) is 36.5 Å². The topological polar surface area (TPSA) is 84.9 Å². The van der Waals surface area contributed by atoms with Gasteiger partial charge in [0, 0.05) is 19.1 Å². The maximum atomic E-state index is 12.5. The van der Waals surface area contributed by atoms with E-state index >= 15 is 0 Å². The van der Waals surface area contributed by atoms with Crippen molar-refractivity contribution in [2.75, 3.05) is 20.3 Å². The number of benzene rings is 1. The number of amides is 1. The summed E-state index contributed by atoms with van der Waals surface area (Å²) in [6.45, 7) is 3.10. The predicted molar refractivity (Wildman–Crippen MR) is 89.2 cm³/mol. The van der Waals surface area contributed by atoms with Crippen molar-refractivity contribution < 1.29 is 24.2 Å². The van der Waals surface area contributed by atoms with Crippen LogP contribution in [0.15, 0.2) is 18.2 Å². The molecule has 2 unspecified atom stereocenters. The Hall–Kier alpha value is -1.79. The number of halogens is 1. The maximum absolute atomic E-state index is 12.5. The zero-order valence-electron chi connectivity index (χ0n) is 13.8. The number of methoxy groups -OCH3 is 1. The minimum Gasteiger partial charge on any atom is -0.495 e. The Morgan fingerprint density at radius 1 is 1.38 bits per heavy atom. The molecule has 24 heavy (non-hydrogen) atoms. The largest absolute Gasteiger partial charge is 0.495 e. The second-order valence-electron chi connectivity index (χ2n) is 5.91. The van der Waals surface area contributed by atoms with Crippen LogP contribution in [-0.4, -0.2) is 37.3 Å². The molecule has 2 rings (SSSR count). The average Bonchev–Trinajstić information content (AvgIpc) is 2.59. The van der Waals surface area contributed by atoms with E-state index in [1.165, 1.54) is 13.2 Å². The highest BCUT2D eigenvalue weighted by Gasteiger charge is 2.30. The van der Waals surface area contributed by atoms with Gasteiger partial charge in [-0.2, -0.15) is 0 Å². The number of carboxylic acids is 1. The highest BCUT2D eigenvalue weighted by Crippen LogP contribution is 2.29. The highest BCUT2D eigenvalue weighted by molar-refractivity contribution is 6.32. The molecule has 0 radical (unpaired) electrons. The molecular formula is C17H22ClNO5. The number of hydrogen-bond acceptors (Lipinski definition) is 4. The Balaban J connectivity index is 2.11. The quantitative estimate of drug-likeness (QED) is 0.819. The predicted octanol–water partition coefficient (Wildman–Crippen LogP) is 2.65. The monoisotopic (exact) mass is 355 g/mol. The number of carbonyl (C=O) groups excluding carboxylic acids is 1. The second kappa shape index (κ2) is 8.35. The van der Waals surface area contributed by atoms with E-state index in [4.69, 9.17) is 21.1 Å². The zero-order chi connectivity index (χ0) is 17.7. The van der Waals surface area contributed by atoms with Gasteiger partial charge < -0.3 is 19.9 Å². The number of carboxylic acid groups (broad SMARTS) is 1. The van der Waals surface area contributed by atoms with Gasteiger partial charge in [-0.25, -0.2) is 4.79 Å². The molecule has 2 N–H and O–H groups in total. The standard InChI is InChI=1S/C17H22ClNO5/c1-10(11-5-7-24-8-6-11)16(20)19-15(17(21)22)12-3-4-14(23-2)13(18)9-12/h3-4,9-11,15H,5-8H2,1-2H3,(H,19,20)(H,21,22). The molecule has 1 fully saturated rings. The molecule has 0 aromatic heterocycles. The molecule has 1 amide bonds. The summed E-state index contributed by atoms with van der Waals surface area (Å²) in [7, 11) is 1.48. The lowest BCUT2D eigenvalue weighted by atomic mass is 9.86. The number of rotatable bonds is 6. The van der Waals surface area contributed by atoms with Gasteiger partial charge in [0.1, 0.15) is 5.75 Å². The van der Waals surface area contributed by atoms with Gasteiger partial charge in [0.25, 0.3) is 0 Å². The number of aliphatic carboxylic acids is 1. The number of ether oxygens (including phenoxy) is 2. The Kier molecular flexibility index (Phi) is 6.45. The Morgan fingerprint density at radius 3 is 2.58 bits per heavy atom. The average molecular weight is 356 g/mol.